The molecule has 60 heavy (non-hydrogen) atoms. The first-order valence-electron chi connectivity index (χ1n) is 22.9. The van der Waals surface area contributed by atoms with E-state index in [4.69, 9.17) is 18.5 Å². The quantitative estimate of drug-likeness (QED) is 0.0105. The van der Waals surface area contributed by atoms with Gasteiger partial charge in [-0.1, -0.05) is 159 Å². The highest BCUT2D eigenvalue weighted by Gasteiger charge is 2.51. The number of carbonyl (C=O) groups excluding carboxylic acids is 2. The second-order valence-corrected chi connectivity index (χ2v) is 17.5. The van der Waals surface area contributed by atoms with Gasteiger partial charge in [0.15, 0.2) is 6.10 Å². The highest BCUT2D eigenvalue weighted by Crippen LogP contribution is 2.47. The lowest BCUT2D eigenvalue weighted by molar-refractivity contribution is -0.220. The van der Waals surface area contributed by atoms with Crippen molar-refractivity contribution in [3.8, 4) is 0 Å². The summed E-state index contributed by atoms with van der Waals surface area (Å²) in [5.41, 5.74) is 0. The maximum Gasteiger partial charge on any atom is 0.472 e. The van der Waals surface area contributed by atoms with Gasteiger partial charge in [-0.05, 0) is 38.5 Å². The number of allylic oxidation sites excluding steroid dienone is 5. The van der Waals surface area contributed by atoms with Crippen LogP contribution in [0.4, 0.5) is 0 Å². The molecule has 1 aliphatic rings. The van der Waals surface area contributed by atoms with Crippen molar-refractivity contribution < 1.29 is 68.2 Å². The number of hydrogen-bond donors (Lipinski definition) is 7. The highest BCUT2D eigenvalue weighted by molar-refractivity contribution is 7.47. The Labute approximate surface area is 360 Å². The molecule has 350 valence electrons. The molecular formula is C45H81O14P. The smallest absolute Gasteiger partial charge is 0.462 e. The van der Waals surface area contributed by atoms with Gasteiger partial charge in [-0.15, -0.1) is 0 Å². The van der Waals surface area contributed by atoms with Crippen LogP contribution in [-0.4, -0.2) is 110 Å². The molecule has 0 heterocycles. The van der Waals surface area contributed by atoms with Gasteiger partial charge in [0.1, 0.15) is 43.2 Å². The molecular weight excluding hydrogens is 795 g/mol. The number of phosphoric acid groups is 1. The van der Waals surface area contributed by atoms with Crippen molar-refractivity contribution in [2.24, 2.45) is 0 Å². The maximum atomic E-state index is 12.8. The minimum absolute atomic E-state index is 0.126. The number of ether oxygens (including phenoxy) is 2. The van der Waals surface area contributed by atoms with E-state index < -0.39 is 81.8 Å². The van der Waals surface area contributed by atoms with E-state index in [-0.39, 0.29) is 25.7 Å². The molecule has 4 unspecified atom stereocenters. The molecule has 0 bridgehead atoms. The minimum atomic E-state index is -5.17. The predicted octanol–water partition coefficient (Wildman–Crippen LogP) is 7.58. The third kappa shape index (κ3) is 27.9. The van der Waals surface area contributed by atoms with Crippen LogP contribution in [0, 0.1) is 0 Å². The number of rotatable bonds is 37. The fourth-order valence-electron chi connectivity index (χ4n) is 6.83. The lowest BCUT2D eigenvalue weighted by atomic mass is 9.85. The summed E-state index contributed by atoms with van der Waals surface area (Å²) in [7, 11) is -5.17. The summed E-state index contributed by atoms with van der Waals surface area (Å²) >= 11 is 0. The first kappa shape index (κ1) is 56.0. The molecule has 0 amide bonds. The highest BCUT2D eigenvalue weighted by atomic mass is 31.2. The molecule has 0 aromatic heterocycles. The Hall–Kier alpha value is -1.97. The van der Waals surface area contributed by atoms with E-state index in [0.29, 0.717) is 6.42 Å². The van der Waals surface area contributed by atoms with Crippen LogP contribution in [0.15, 0.2) is 36.5 Å². The summed E-state index contributed by atoms with van der Waals surface area (Å²) in [6.07, 6.45) is 22.2. The molecule has 9 atom stereocenters. The predicted molar refractivity (Wildman–Crippen MR) is 232 cm³/mol. The molecule has 0 aromatic rings. The van der Waals surface area contributed by atoms with Crippen LogP contribution in [-0.2, 0) is 32.7 Å². The molecule has 7 N–H and O–H groups in total. The van der Waals surface area contributed by atoms with Gasteiger partial charge in [0.2, 0.25) is 0 Å². The third-order valence-corrected chi connectivity index (χ3v) is 11.6. The average Bonchev–Trinajstić information content (AvgIpc) is 3.22. The molecule has 0 aliphatic heterocycles. The standard InChI is InChI=1S/C45H81O14P/c1-3-5-7-9-11-13-15-17-19-21-23-25-27-30-36(46)31-29-33-39(48)58-37(35-57-60(54,55)59-45-43(52)41(50)40(49)42(51)44(45)53)34-56-38(47)32-28-26-24-22-20-18-16-14-12-10-8-6-4-2/h17,19,23,25,27,30,36-37,40-46,49-53H,3-16,18,20-22,24,26,28-29,31-35H2,1-2H3,(H,54,55)/b19-17+,25-23+,30-27+/t36?,37-,40?,41-,42+,43-,44-,45?/m1/s1. The molecule has 14 nitrogen and oxygen atoms in total. The Bertz CT molecular complexity index is 1210. The van der Waals surface area contributed by atoms with Crippen molar-refractivity contribution in [1.82, 2.24) is 0 Å². The Morgan fingerprint density at radius 2 is 1.10 bits per heavy atom. The fraction of sp³-hybridized carbons (Fsp3) is 0.822. The Morgan fingerprint density at radius 3 is 1.67 bits per heavy atom. The van der Waals surface area contributed by atoms with Crippen LogP contribution in [0.2, 0.25) is 0 Å². The summed E-state index contributed by atoms with van der Waals surface area (Å²) in [6, 6.07) is 0. The van der Waals surface area contributed by atoms with E-state index >= 15 is 0 Å². The van der Waals surface area contributed by atoms with Gasteiger partial charge in [-0.2, -0.15) is 0 Å². The summed E-state index contributed by atoms with van der Waals surface area (Å²) in [5, 5.41) is 60.4. The van der Waals surface area contributed by atoms with Crippen molar-refractivity contribution >= 4 is 19.8 Å². The van der Waals surface area contributed by atoms with Gasteiger partial charge in [-0.25, -0.2) is 4.57 Å². The van der Waals surface area contributed by atoms with Crippen LogP contribution >= 0.6 is 7.82 Å². The molecule has 0 radical (unpaired) electrons. The van der Waals surface area contributed by atoms with Gasteiger partial charge < -0.3 is 45.0 Å². The zero-order chi connectivity index (χ0) is 44.4. The molecule has 1 fully saturated rings. The summed E-state index contributed by atoms with van der Waals surface area (Å²) < 4.78 is 33.3. The normalized spacial score (nSPS) is 23.0. The fourth-order valence-corrected chi connectivity index (χ4v) is 7.80. The largest absolute Gasteiger partial charge is 0.472 e. The lowest BCUT2D eigenvalue weighted by Crippen LogP contribution is -2.64. The molecule has 0 aromatic carbocycles. The number of hydrogen-bond acceptors (Lipinski definition) is 13. The topological polar surface area (TPSA) is 230 Å². The van der Waals surface area contributed by atoms with Gasteiger partial charge in [0.25, 0.3) is 0 Å². The Balaban J connectivity index is 2.56. The van der Waals surface area contributed by atoms with Crippen LogP contribution in [0.1, 0.15) is 174 Å². The summed E-state index contributed by atoms with van der Waals surface area (Å²) in [5.74, 6) is -1.29. The van der Waals surface area contributed by atoms with E-state index in [2.05, 4.69) is 26.0 Å². The van der Waals surface area contributed by atoms with Gasteiger partial charge >= 0.3 is 19.8 Å². The van der Waals surface area contributed by atoms with Gasteiger partial charge in [-0.3, -0.25) is 18.6 Å². The van der Waals surface area contributed by atoms with E-state index in [9.17, 15) is 49.7 Å². The first-order chi connectivity index (χ1) is 28.8. The minimum Gasteiger partial charge on any atom is -0.462 e. The number of unbranched alkanes of at least 4 members (excludes halogenated alkanes) is 18. The lowest BCUT2D eigenvalue weighted by Gasteiger charge is -2.41. The Morgan fingerprint density at radius 1 is 0.600 bits per heavy atom. The van der Waals surface area contributed by atoms with Crippen molar-refractivity contribution in [3.63, 3.8) is 0 Å². The number of carbonyl (C=O) groups is 2. The average molecular weight is 877 g/mol. The van der Waals surface area contributed by atoms with E-state index in [0.717, 1.165) is 38.5 Å². The molecule has 15 heteroatoms. The number of phosphoric ester groups is 1. The Kier molecular flexibility index (Phi) is 33.1. The maximum absolute atomic E-state index is 12.8. The van der Waals surface area contributed by atoms with E-state index in [1.54, 1.807) is 12.2 Å². The van der Waals surface area contributed by atoms with E-state index in [1.807, 2.05) is 12.2 Å². The SMILES string of the molecule is CCCCCCCC/C=C/C/C=C/C=C/C(O)CCCC(=O)O[C@H](COC(=O)CCCCCCCCCCCCCCC)COP(=O)(O)OC1[C@H](O)[C@H](O)C(O)[C@H](O)[C@H]1O. The van der Waals surface area contributed by atoms with Crippen LogP contribution < -0.4 is 0 Å². The zero-order valence-electron chi connectivity index (χ0n) is 36.6. The van der Waals surface area contributed by atoms with Crippen LogP contribution in [0.5, 0.6) is 0 Å². The van der Waals surface area contributed by atoms with Gasteiger partial charge in [0, 0.05) is 12.8 Å². The van der Waals surface area contributed by atoms with E-state index in [1.165, 1.54) is 89.9 Å². The molecule has 1 aliphatic carbocycles. The van der Waals surface area contributed by atoms with Gasteiger partial charge in [0.05, 0.1) is 12.7 Å². The number of aliphatic hydroxyl groups excluding tert-OH is 6. The third-order valence-electron chi connectivity index (χ3n) is 10.6. The van der Waals surface area contributed by atoms with Crippen LogP contribution in [0.25, 0.3) is 0 Å². The van der Waals surface area contributed by atoms with Crippen molar-refractivity contribution in [2.75, 3.05) is 13.2 Å². The van der Waals surface area contributed by atoms with Crippen LogP contribution in [0.3, 0.4) is 0 Å². The molecule has 1 saturated carbocycles. The molecule has 1 rings (SSSR count). The first-order valence-corrected chi connectivity index (χ1v) is 24.4. The van der Waals surface area contributed by atoms with Crippen molar-refractivity contribution in [3.05, 3.63) is 36.5 Å². The summed E-state index contributed by atoms with van der Waals surface area (Å²) in [6.45, 7) is 3.13. The number of aliphatic hydroxyl groups is 6. The van der Waals surface area contributed by atoms with Crippen molar-refractivity contribution in [1.29, 1.82) is 0 Å². The molecule has 0 saturated heterocycles. The number of esters is 2. The molecule has 0 spiro atoms. The monoisotopic (exact) mass is 877 g/mol. The zero-order valence-corrected chi connectivity index (χ0v) is 37.5. The van der Waals surface area contributed by atoms with Crippen molar-refractivity contribution in [2.45, 2.75) is 223 Å². The second-order valence-electron chi connectivity index (χ2n) is 16.1. The second kappa shape index (κ2) is 35.5. The summed E-state index contributed by atoms with van der Waals surface area (Å²) in [4.78, 5) is 35.7.